The van der Waals surface area contributed by atoms with Gasteiger partial charge in [0.05, 0.1) is 16.4 Å². The lowest BCUT2D eigenvalue weighted by atomic mass is 10.1. The van der Waals surface area contributed by atoms with Crippen molar-refractivity contribution in [2.24, 2.45) is 10.9 Å². The van der Waals surface area contributed by atoms with Gasteiger partial charge in [0.2, 0.25) is 0 Å². The number of amides is 1. The Morgan fingerprint density at radius 2 is 1.67 bits per heavy atom. The molecule has 3 aromatic rings. The van der Waals surface area contributed by atoms with Crippen molar-refractivity contribution in [2.45, 2.75) is 23.5 Å². The molecule has 0 saturated carbocycles. The van der Waals surface area contributed by atoms with Crippen LogP contribution in [0.3, 0.4) is 0 Å². The molecule has 5 N–H and O–H groups in total. The number of carbonyl (C=O) groups excluding carboxylic acids is 1. The molecule has 0 aliphatic carbocycles. The molecule has 0 radical (unpaired) electrons. The Labute approximate surface area is 226 Å². The van der Waals surface area contributed by atoms with Crippen molar-refractivity contribution in [3.8, 4) is 11.1 Å². The zero-order valence-corrected chi connectivity index (χ0v) is 22.6. The fourth-order valence-corrected chi connectivity index (χ4v) is 6.68. The number of oxime groups is 1. The van der Waals surface area contributed by atoms with Gasteiger partial charge >= 0.3 is 6.09 Å². The minimum atomic E-state index is -3.44. The van der Waals surface area contributed by atoms with Gasteiger partial charge in [-0.1, -0.05) is 47.6 Å². The predicted octanol–water partition coefficient (Wildman–Crippen LogP) is 3.42. The lowest BCUT2D eigenvalue weighted by Crippen LogP contribution is -2.49. The summed E-state index contributed by atoms with van der Waals surface area (Å²) in [6, 6.07) is 19.8. The molecule has 0 aromatic heterocycles. The van der Waals surface area contributed by atoms with Gasteiger partial charge in [-0.2, -0.15) is 0 Å². The monoisotopic (exact) mass is 572 g/mol. The molecule has 0 unspecified atom stereocenters. The van der Waals surface area contributed by atoms with Crippen LogP contribution in [0.1, 0.15) is 18.4 Å². The highest BCUT2D eigenvalue weighted by Crippen LogP contribution is 2.31. The van der Waals surface area contributed by atoms with Gasteiger partial charge in [-0.15, -0.1) is 0 Å². The average molecular weight is 573 g/mol. The lowest BCUT2D eigenvalue weighted by molar-refractivity contribution is 0.0341. The quantitative estimate of drug-likeness (QED) is 0.109. The SMILES string of the molecule is CS(=O)(=O)c1ccccc1-c1ccc(NC(=O)OC2(Nc3cccc(C(N)=NO)c3)CCS(=O)(=O)CC2)cc1. The van der Waals surface area contributed by atoms with E-state index >= 15 is 0 Å². The normalized spacial score (nSPS) is 16.7. The van der Waals surface area contributed by atoms with E-state index in [0.29, 0.717) is 28.1 Å². The highest BCUT2D eigenvalue weighted by molar-refractivity contribution is 7.91. The van der Waals surface area contributed by atoms with Gasteiger partial charge in [-0.3, -0.25) is 5.32 Å². The standard InChI is InChI=1S/C26H28N4O7S2/c1-38(33,34)23-8-3-2-7-22(23)18-9-11-20(12-10-18)28-25(31)37-26(13-15-39(35,36)16-14-26)29-21-6-4-5-19(17-21)24(27)30-32/h2-12,17,29,32H,13-16H2,1H3,(H2,27,30)(H,28,31). The largest absolute Gasteiger partial charge is 0.423 e. The number of amidine groups is 1. The molecule has 4 rings (SSSR count). The summed E-state index contributed by atoms with van der Waals surface area (Å²) in [5, 5.41) is 17.7. The van der Waals surface area contributed by atoms with Crippen LogP contribution in [0.25, 0.3) is 11.1 Å². The molecule has 1 amide bonds. The van der Waals surface area contributed by atoms with Crippen LogP contribution in [-0.4, -0.2) is 57.5 Å². The maximum atomic E-state index is 12.9. The van der Waals surface area contributed by atoms with Gasteiger partial charge < -0.3 is 21.0 Å². The van der Waals surface area contributed by atoms with Crippen LogP contribution in [0, 0.1) is 0 Å². The van der Waals surface area contributed by atoms with Crippen LogP contribution in [-0.2, 0) is 24.4 Å². The summed E-state index contributed by atoms with van der Waals surface area (Å²) < 4.78 is 54.3. The molecular formula is C26H28N4O7S2. The first-order valence-corrected chi connectivity index (χ1v) is 15.6. The highest BCUT2D eigenvalue weighted by atomic mass is 32.2. The van der Waals surface area contributed by atoms with Gasteiger partial charge in [0, 0.05) is 41.6 Å². The molecule has 3 aromatic carbocycles. The van der Waals surface area contributed by atoms with Gasteiger partial charge in [0.25, 0.3) is 0 Å². The van der Waals surface area contributed by atoms with E-state index in [0.717, 1.165) is 6.26 Å². The number of nitrogens with one attached hydrogen (secondary N) is 2. The molecule has 13 heteroatoms. The number of nitrogens with two attached hydrogens (primary N) is 1. The lowest BCUT2D eigenvalue weighted by Gasteiger charge is -2.37. The maximum Gasteiger partial charge on any atom is 0.413 e. The first-order chi connectivity index (χ1) is 18.4. The summed E-state index contributed by atoms with van der Waals surface area (Å²) in [5.41, 5.74) is 6.84. The Morgan fingerprint density at radius 1 is 1.00 bits per heavy atom. The number of rotatable bonds is 7. The third-order valence-corrected chi connectivity index (χ3v) is 9.10. The van der Waals surface area contributed by atoms with Crippen molar-refractivity contribution in [3.05, 3.63) is 78.4 Å². The van der Waals surface area contributed by atoms with E-state index in [4.69, 9.17) is 15.7 Å². The van der Waals surface area contributed by atoms with Crippen molar-refractivity contribution in [3.63, 3.8) is 0 Å². The van der Waals surface area contributed by atoms with E-state index in [-0.39, 0.29) is 35.1 Å². The van der Waals surface area contributed by atoms with Gasteiger partial charge in [-0.05, 0) is 35.9 Å². The Hall–Kier alpha value is -4.10. The summed E-state index contributed by atoms with van der Waals surface area (Å²) in [4.78, 5) is 13.1. The van der Waals surface area contributed by atoms with Crippen molar-refractivity contribution in [1.82, 2.24) is 0 Å². The first kappa shape index (κ1) is 27.9. The number of sulfone groups is 2. The second-order valence-corrected chi connectivity index (χ2v) is 13.5. The van der Waals surface area contributed by atoms with E-state index in [1.54, 1.807) is 66.7 Å². The van der Waals surface area contributed by atoms with Crippen molar-refractivity contribution in [1.29, 1.82) is 0 Å². The number of nitrogens with zero attached hydrogens (tertiary/aromatic N) is 1. The van der Waals surface area contributed by atoms with Crippen LogP contribution in [0.5, 0.6) is 0 Å². The topological polar surface area (TPSA) is 177 Å². The minimum Gasteiger partial charge on any atom is -0.423 e. The smallest absolute Gasteiger partial charge is 0.413 e. The summed E-state index contributed by atoms with van der Waals surface area (Å²) >= 11 is 0. The van der Waals surface area contributed by atoms with Crippen molar-refractivity contribution >= 4 is 43.0 Å². The van der Waals surface area contributed by atoms with E-state index in [9.17, 15) is 21.6 Å². The van der Waals surface area contributed by atoms with E-state index in [1.807, 2.05) is 0 Å². The summed E-state index contributed by atoms with van der Waals surface area (Å²) in [6.45, 7) is 0. The predicted molar refractivity (Wildman–Crippen MR) is 148 cm³/mol. The summed E-state index contributed by atoms with van der Waals surface area (Å²) in [7, 11) is -6.72. The molecule has 206 valence electrons. The van der Waals surface area contributed by atoms with E-state index in [1.165, 1.54) is 6.07 Å². The number of anilines is 2. The number of benzene rings is 3. The Balaban J connectivity index is 1.53. The molecule has 1 aliphatic heterocycles. The fraction of sp³-hybridized carbons (Fsp3) is 0.231. The van der Waals surface area contributed by atoms with Crippen molar-refractivity contribution < 1.29 is 31.6 Å². The van der Waals surface area contributed by atoms with Crippen LogP contribution in [0.2, 0.25) is 0 Å². The van der Waals surface area contributed by atoms with Crippen molar-refractivity contribution in [2.75, 3.05) is 28.4 Å². The molecule has 1 heterocycles. The third kappa shape index (κ3) is 6.86. The number of ether oxygens (including phenoxy) is 1. The van der Waals surface area contributed by atoms with Crippen LogP contribution >= 0.6 is 0 Å². The second-order valence-electron chi connectivity index (χ2n) is 9.20. The number of carbonyl (C=O) groups is 1. The Kier molecular flexibility index (Phi) is 7.84. The zero-order valence-electron chi connectivity index (χ0n) is 21.0. The molecule has 0 bridgehead atoms. The molecular weight excluding hydrogens is 544 g/mol. The molecule has 11 nitrogen and oxygen atoms in total. The Bertz CT molecular complexity index is 1610. The number of hydrogen-bond donors (Lipinski definition) is 4. The van der Waals surface area contributed by atoms with Gasteiger partial charge in [-0.25, -0.2) is 21.6 Å². The molecule has 1 fully saturated rings. The minimum absolute atomic E-state index is 0.0117. The maximum absolute atomic E-state index is 12.9. The molecule has 0 atom stereocenters. The molecule has 1 saturated heterocycles. The highest BCUT2D eigenvalue weighted by Gasteiger charge is 2.41. The second kappa shape index (κ2) is 10.9. The van der Waals surface area contributed by atoms with Gasteiger partial charge in [0.1, 0.15) is 0 Å². The molecule has 39 heavy (non-hydrogen) atoms. The number of hydrogen-bond acceptors (Lipinski definition) is 9. The van der Waals surface area contributed by atoms with E-state index in [2.05, 4.69) is 15.8 Å². The first-order valence-electron chi connectivity index (χ1n) is 11.9. The zero-order chi connectivity index (χ0) is 28.3. The summed E-state index contributed by atoms with van der Waals surface area (Å²) in [5.74, 6) is -0.469. The molecule has 1 aliphatic rings. The third-order valence-electron chi connectivity index (χ3n) is 6.29. The summed E-state index contributed by atoms with van der Waals surface area (Å²) in [6.07, 6.45) is 0.359. The Morgan fingerprint density at radius 3 is 2.31 bits per heavy atom. The van der Waals surface area contributed by atoms with Crippen LogP contribution in [0.15, 0.2) is 82.8 Å². The van der Waals surface area contributed by atoms with Crippen LogP contribution < -0.4 is 16.4 Å². The average Bonchev–Trinajstić information content (AvgIpc) is 2.90. The van der Waals surface area contributed by atoms with Gasteiger partial charge in [0.15, 0.2) is 31.2 Å². The van der Waals surface area contributed by atoms with E-state index < -0.39 is 31.5 Å². The molecule has 0 spiro atoms. The fourth-order valence-electron chi connectivity index (χ4n) is 4.28. The van der Waals surface area contributed by atoms with Crippen LogP contribution in [0.4, 0.5) is 16.2 Å².